The molecule has 1 unspecified atom stereocenters. The molecule has 0 fully saturated rings. The van der Waals surface area contributed by atoms with Gasteiger partial charge >= 0.3 is 0 Å². The predicted octanol–water partition coefficient (Wildman–Crippen LogP) is 2.99. The van der Waals surface area contributed by atoms with Crippen molar-refractivity contribution in [1.82, 2.24) is 5.32 Å². The largest absolute Gasteiger partial charge is 0.345 e. The van der Waals surface area contributed by atoms with E-state index in [4.69, 9.17) is 11.6 Å². The number of likely N-dealkylation sites (N-methyl/N-ethyl adjacent to an activating group) is 1. The Hall–Kier alpha value is -1.36. The Bertz CT molecular complexity index is 660. The molecule has 2 atom stereocenters. The summed E-state index contributed by atoms with van der Waals surface area (Å²) in [6, 6.07) is 15.7. The SMILES string of the molecule is C[C@@H](NC(=O)C[NH+](C)Cc1ccccc1Cl)c1ccc(Br)cc1. The van der Waals surface area contributed by atoms with Crippen LogP contribution in [0.25, 0.3) is 0 Å². The predicted molar refractivity (Wildman–Crippen MR) is 97.6 cm³/mol. The highest BCUT2D eigenvalue weighted by Crippen LogP contribution is 2.16. The van der Waals surface area contributed by atoms with E-state index >= 15 is 0 Å². The van der Waals surface area contributed by atoms with Crippen LogP contribution >= 0.6 is 27.5 Å². The Balaban J connectivity index is 1.86. The molecule has 0 saturated heterocycles. The highest BCUT2D eigenvalue weighted by Gasteiger charge is 2.15. The average molecular weight is 397 g/mol. The van der Waals surface area contributed by atoms with E-state index in [1.807, 2.05) is 62.5 Å². The van der Waals surface area contributed by atoms with Gasteiger partial charge in [0.1, 0.15) is 6.54 Å². The molecule has 0 bridgehead atoms. The summed E-state index contributed by atoms with van der Waals surface area (Å²) in [6.07, 6.45) is 0. The minimum atomic E-state index is -0.0105. The van der Waals surface area contributed by atoms with Gasteiger partial charge in [0.05, 0.1) is 13.1 Å². The lowest BCUT2D eigenvalue weighted by atomic mass is 10.1. The monoisotopic (exact) mass is 395 g/mol. The van der Waals surface area contributed by atoms with E-state index in [2.05, 4.69) is 21.2 Å². The smallest absolute Gasteiger partial charge is 0.275 e. The van der Waals surface area contributed by atoms with Crippen molar-refractivity contribution in [3.05, 3.63) is 69.2 Å². The Kier molecular flexibility index (Phi) is 6.63. The third-order valence-corrected chi connectivity index (χ3v) is 4.56. The van der Waals surface area contributed by atoms with Crippen molar-refractivity contribution in [2.75, 3.05) is 13.6 Å². The number of quaternary nitrogens is 1. The summed E-state index contributed by atoms with van der Waals surface area (Å²) in [5, 5.41) is 3.78. The number of benzene rings is 2. The molecular formula is C18H21BrClN2O+. The molecule has 0 aliphatic carbocycles. The van der Waals surface area contributed by atoms with E-state index in [9.17, 15) is 4.79 Å². The fourth-order valence-corrected chi connectivity index (χ4v) is 2.90. The van der Waals surface area contributed by atoms with Crippen LogP contribution < -0.4 is 10.2 Å². The summed E-state index contributed by atoms with van der Waals surface area (Å²) in [4.78, 5) is 13.3. The minimum absolute atomic E-state index is 0.0105. The molecule has 23 heavy (non-hydrogen) atoms. The topological polar surface area (TPSA) is 33.5 Å². The van der Waals surface area contributed by atoms with E-state index in [-0.39, 0.29) is 11.9 Å². The summed E-state index contributed by atoms with van der Waals surface area (Å²) in [7, 11) is 1.99. The van der Waals surface area contributed by atoms with Crippen LogP contribution in [0.2, 0.25) is 5.02 Å². The second-order valence-corrected chi connectivity index (χ2v) is 7.07. The molecule has 2 aromatic rings. The van der Waals surface area contributed by atoms with Crippen LogP contribution in [0, 0.1) is 0 Å². The van der Waals surface area contributed by atoms with Crippen LogP contribution in [0.4, 0.5) is 0 Å². The second-order valence-electron chi connectivity index (χ2n) is 5.74. The summed E-state index contributed by atoms with van der Waals surface area (Å²) < 4.78 is 1.03. The molecular weight excluding hydrogens is 376 g/mol. The highest BCUT2D eigenvalue weighted by molar-refractivity contribution is 9.10. The van der Waals surface area contributed by atoms with Gasteiger partial charge < -0.3 is 10.2 Å². The number of amides is 1. The van der Waals surface area contributed by atoms with Crippen LogP contribution in [0.15, 0.2) is 53.0 Å². The van der Waals surface area contributed by atoms with Crippen LogP contribution in [-0.2, 0) is 11.3 Å². The number of hydrogen-bond acceptors (Lipinski definition) is 1. The second kappa shape index (κ2) is 8.48. The van der Waals surface area contributed by atoms with E-state index < -0.39 is 0 Å². The zero-order chi connectivity index (χ0) is 16.8. The Morgan fingerprint density at radius 2 is 1.87 bits per heavy atom. The number of rotatable bonds is 6. The minimum Gasteiger partial charge on any atom is -0.345 e. The van der Waals surface area contributed by atoms with Gasteiger partial charge in [-0.25, -0.2) is 0 Å². The van der Waals surface area contributed by atoms with E-state index in [0.717, 1.165) is 32.1 Å². The summed E-state index contributed by atoms with van der Waals surface area (Å²) in [5.41, 5.74) is 2.14. The third-order valence-electron chi connectivity index (χ3n) is 3.66. The molecule has 0 aromatic heterocycles. The molecule has 5 heteroatoms. The molecule has 2 aromatic carbocycles. The Morgan fingerprint density at radius 3 is 2.52 bits per heavy atom. The zero-order valence-corrected chi connectivity index (χ0v) is 15.6. The van der Waals surface area contributed by atoms with E-state index in [1.165, 1.54) is 0 Å². The lowest BCUT2D eigenvalue weighted by molar-refractivity contribution is -0.885. The quantitative estimate of drug-likeness (QED) is 0.773. The molecule has 0 spiro atoms. The normalized spacial score (nSPS) is 13.4. The molecule has 1 amide bonds. The van der Waals surface area contributed by atoms with Crippen molar-refractivity contribution >= 4 is 33.4 Å². The van der Waals surface area contributed by atoms with Crippen molar-refractivity contribution in [2.24, 2.45) is 0 Å². The van der Waals surface area contributed by atoms with Crippen molar-refractivity contribution in [3.8, 4) is 0 Å². The molecule has 2 N–H and O–H groups in total. The standard InChI is InChI=1S/C18H20BrClN2O/c1-13(14-7-9-16(19)10-8-14)21-18(23)12-22(2)11-15-5-3-4-6-17(15)20/h3-10,13H,11-12H2,1-2H3,(H,21,23)/p+1/t13-/m1/s1. The van der Waals surface area contributed by atoms with Crippen molar-refractivity contribution in [3.63, 3.8) is 0 Å². The molecule has 2 rings (SSSR count). The van der Waals surface area contributed by atoms with E-state index in [0.29, 0.717) is 6.54 Å². The molecule has 3 nitrogen and oxygen atoms in total. The van der Waals surface area contributed by atoms with Crippen LogP contribution in [0.5, 0.6) is 0 Å². The van der Waals surface area contributed by atoms with Crippen molar-refractivity contribution in [1.29, 1.82) is 0 Å². The van der Waals surface area contributed by atoms with Gasteiger partial charge in [0.15, 0.2) is 6.54 Å². The maximum atomic E-state index is 12.2. The van der Waals surface area contributed by atoms with E-state index in [1.54, 1.807) is 0 Å². The van der Waals surface area contributed by atoms with Gasteiger partial charge in [-0.2, -0.15) is 0 Å². The lowest BCUT2D eigenvalue weighted by Crippen LogP contribution is -3.08. The van der Waals surface area contributed by atoms with Gasteiger partial charge in [0, 0.05) is 15.1 Å². The number of halogens is 2. The first-order chi connectivity index (χ1) is 11.0. The Labute approximate surface area is 150 Å². The fraction of sp³-hybridized carbons (Fsp3) is 0.278. The number of nitrogens with one attached hydrogen (secondary N) is 2. The number of carbonyl (C=O) groups is 1. The summed E-state index contributed by atoms with van der Waals surface area (Å²) >= 11 is 9.58. The first-order valence-electron chi connectivity index (χ1n) is 7.55. The fourth-order valence-electron chi connectivity index (χ4n) is 2.43. The summed E-state index contributed by atoms with van der Waals surface area (Å²) in [6.45, 7) is 3.12. The van der Waals surface area contributed by atoms with Crippen LogP contribution in [0.1, 0.15) is 24.1 Å². The van der Waals surface area contributed by atoms with Gasteiger partial charge in [-0.3, -0.25) is 4.79 Å². The number of hydrogen-bond donors (Lipinski definition) is 2. The molecule has 0 saturated carbocycles. The van der Waals surface area contributed by atoms with Crippen molar-refractivity contribution in [2.45, 2.75) is 19.5 Å². The maximum absolute atomic E-state index is 12.2. The van der Waals surface area contributed by atoms with Gasteiger partial charge in [0.25, 0.3) is 5.91 Å². The maximum Gasteiger partial charge on any atom is 0.275 e. The molecule has 0 aliphatic heterocycles. The highest BCUT2D eigenvalue weighted by atomic mass is 79.9. The molecule has 0 radical (unpaired) electrons. The molecule has 122 valence electrons. The van der Waals surface area contributed by atoms with Gasteiger partial charge in [-0.05, 0) is 30.7 Å². The first kappa shape index (κ1) is 18.0. The zero-order valence-electron chi connectivity index (χ0n) is 13.3. The van der Waals surface area contributed by atoms with Gasteiger partial charge in [-0.15, -0.1) is 0 Å². The average Bonchev–Trinajstić information content (AvgIpc) is 2.50. The van der Waals surface area contributed by atoms with Crippen LogP contribution in [-0.4, -0.2) is 19.5 Å². The third kappa shape index (κ3) is 5.65. The summed E-state index contributed by atoms with van der Waals surface area (Å²) in [5.74, 6) is 0.0324. The van der Waals surface area contributed by atoms with Crippen molar-refractivity contribution < 1.29 is 9.69 Å². The molecule has 0 aliphatic rings. The first-order valence-corrected chi connectivity index (χ1v) is 8.72. The molecule has 0 heterocycles. The van der Waals surface area contributed by atoms with Gasteiger partial charge in [0.2, 0.25) is 0 Å². The Morgan fingerprint density at radius 1 is 1.22 bits per heavy atom. The lowest BCUT2D eigenvalue weighted by Gasteiger charge is -2.18. The van der Waals surface area contributed by atoms with Crippen LogP contribution in [0.3, 0.4) is 0 Å². The van der Waals surface area contributed by atoms with Gasteiger partial charge in [-0.1, -0.05) is 57.9 Å². The number of carbonyl (C=O) groups excluding carboxylic acids is 1.